The number of hydrogen-bond acceptors (Lipinski definition) is 7. The lowest BCUT2D eigenvalue weighted by atomic mass is 9.96. The fraction of sp³-hybridized carbons (Fsp3) is 0.393. The van der Waals surface area contributed by atoms with Gasteiger partial charge in [0, 0.05) is 60.7 Å². The molecule has 5 heterocycles. The van der Waals surface area contributed by atoms with Crippen LogP contribution in [0.3, 0.4) is 0 Å². The quantitative estimate of drug-likeness (QED) is 0.650. The van der Waals surface area contributed by atoms with Crippen molar-refractivity contribution in [2.45, 2.75) is 38.6 Å². The van der Waals surface area contributed by atoms with Crippen LogP contribution >= 0.6 is 0 Å². The van der Waals surface area contributed by atoms with Crippen LogP contribution in [-0.4, -0.2) is 70.2 Å². The molecule has 8 nitrogen and oxygen atoms in total. The second kappa shape index (κ2) is 9.33. The zero-order chi connectivity index (χ0) is 24.6. The number of nitrogens with one attached hydrogen (secondary N) is 2. The van der Waals surface area contributed by atoms with E-state index in [0.717, 1.165) is 67.5 Å². The highest BCUT2D eigenvalue weighted by Crippen LogP contribution is 2.27. The molecule has 1 aromatic heterocycles. The first-order chi connectivity index (χ1) is 17.6. The minimum Gasteiger partial charge on any atom is -0.356 e. The van der Waals surface area contributed by atoms with Crippen LogP contribution in [0.1, 0.15) is 43.1 Å². The van der Waals surface area contributed by atoms with Gasteiger partial charge in [-0.15, -0.1) is 0 Å². The molecule has 1 amide bonds. The number of likely N-dealkylation sites (tertiary alicyclic amines) is 2. The molecule has 2 atom stereocenters. The van der Waals surface area contributed by atoms with Crippen molar-refractivity contribution < 1.29 is 4.79 Å². The third-order valence-electron chi connectivity index (χ3n) is 7.61. The first kappa shape index (κ1) is 22.6. The van der Waals surface area contributed by atoms with Crippen LogP contribution in [-0.2, 0) is 0 Å². The molecule has 8 heteroatoms. The Morgan fingerprint density at radius 2 is 2.03 bits per heavy atom. The summed E-state index contributed by atoms with van der Waals surface area (Å²) in [7, 11) is 0. The van der Waals surface area contributed by atoms with E-state index in [1.54, 1.807) is 12.3 Å². The molecule has 184 valence electrons. The van der Waals surface area contributed by atoms with Crippen molar-refractivity contribution >= 4 is 33.9 Å². The van der Waals surface area contributed by atoms with E-state index in [-0.39, 0.29) is 11.9 Å². The van der Waals surface area contributed by atoms with Gasteiger partial charge in [0.15, 0.2) is 0 Å². The summed E-state index contributed by atoms with van der Waals surface area (Å²) in [6.07, 6.45) is 9.25. The summed E-state index contributed by atoms with van der Waals surface area (Å²) < 4.78 is 0. The first-order valence-electron chi connectivity index (χ1n) is 12.8. The van der Waals surface area contributed by atoms with Crippen LogP contribution in [0.4, 0.5) is 0 Å². The number of hydrogen-bond donors (Lipinski definition) is 2. The third kappa shape index (κ3) is 4.32. The summed E-state index contributed by atoms with van der Waals surface area (Å²) in [4.78, 5) is 31.5. The number of pyridine rings is 1. The Bertz CT molecular complexity index is 1350. The molecule has 6 rings (SSSR count). The van der Waals surface area contributed by atoms with Crippen molar-refractivity contribution in [3.8, 4) is 0 Å². The van der Waals surface area contributed by atoms with Crippen molar-refractivity contribution in [3.63, 3.8) is 0 Å². The molecule has 4 aliphatic heterocycles. The molecule has 0 saturated carbocycles. The van der Waals surface area contributed by atoms with Gasteiger partial charge in [-0.25, -0.2) is 4.99 Å². The van der Waals surface area contributed by atoms with Gasteiger partial charge in [0.05, 0.1) is 18.3 Å². The maximum absolute atomic E-state index is 13.7. The molecule has 36 heavy (non-hydrogen) atoms. The highest BCUT2D eigenvalue weighted by molar-refractivity contribution is 6.08. The Morgan fingerprint density at radius 1 is 1.17 bits per heavy atom. The summed E-state index contributed by atoms with van der Waals surface area (Å²) in [5, 5.41) is 14.0. The average Bonchev–Trinajstić information content (AvgIpc) is 3.65. The Balaban J connectivity index is 1.23. The zero-order valence-electron chi connectivity index (χ0n) is 20.6. The smallest absolute Gasteiger partial charge is 0.273 e. The van der Waals surface area contributed by atoms with E-state index in [0.29, 0.717) is 29.7 Å². The topological polar surface area (TPSA) is 97.0 Å². The van der Waals surface area contributed by atoms with E-state index in [1.807, 2.05) is 41.4 Å². The average molecular weight is 482 g/mol. The lowest BCUT2D eigenvalue weighted by molar-refractivity contribution is 0.0676. The summed E-state index contributed by atoms with van der Waals surface area (Å²) in [5.74, 6) is 2.05. The van der Waals surface area contributed by atoms with E-state index in [1.165, 1.54) is 5.71 Å². The van der Waals surface area contributed by atoms with Crippen LogP contribution in [0.5, 0.6) is 0 Å². The number of piperidine rings is 1. The van der Waals surface area contributed by atoms with Crippen molar-refractivity contribution in [1.82, 2.24) is 20.1 Å². The number of carbonyl (C=O) groups excluding carboxylic acids is 1. The van der Waals surface area contributed by atoms with Gasteiger partial charge in [0.25, 0.3) is 5.91 Å². The van der Waals surface area contributed by atoms with Gasteiger partial charge in [-0.2, -0.15) is 0 Å². The minimum absolute atomic E-state index is 0.109. The van der Waals surface area contributed by atoms with E-state index < -0.39 is 0 Å². The largest absolute Gasteiger partial charge is 0.356 e. The highest BCUT2D eigenvalue weighted by atomic mass is 16.2. The van der Waals surface area contributed by atoms with Gasteiger partial charge < -0.3 is 20.5 Å². The molecule has 2 fully saturated rings. The second-order valence-electron chi connectivity index (χ2n) is 10.0. The standard InChI is InChI=1S/C28H31N7O/c1-18-15-32-25(33-27(18)34-13-10-20(17-34)23-16-31-23)14-22(29)24-8-4-5-12-35(24)28(36)26-21-7-3-2-6-19(21)9-11-30-26/h2-3,6-7,9,11,14-15,20,24,29,32H,4-5,8,10,12-13,16-17H2,1H3/b25-14+,29-22?/t20?,24-/m0/s1. The Morgan fingerprint density at radius 3 is 2.89 bits per heavy atom. The lowest BCUT2D eigenvalue weighted by Gasteiger charge is -2.35. The minimum atomic E-state index is -0.295. The first-order valence-corrected chi connectivity index (χ1v) is 12.8. The Labute approximate surface area is 211 Å². The molecule has 2 N–H and O–H groups in total. The summed E-state index contributed by atoms with van der Waals surface area (Å²) in [6.45, 7) is 5.54. The number of aliphatic imine (C=N–C) groups is 2. The maximum Gasteiger partial charge on any atom is 0.273 e. The van der Waals surface area contributed by atoms with Crippen molar-refractivity contribution in [1.29, 1.82) is 5.41 Å². The van der Waals surface area contributed by atoms with Crippen molar-refractivity contribution in [2.24, 2.45) is 15.9 Å². The van der Waals surface area contributed by atoms with Crippen molar-refractivity contribution in [2.75, 3.05) is 26.2 Å². The molecular weight excluding hydrogens is 450 g/mol. The number of nitrogens with zero attached hydrogens (tertiary/aromatic N) is 5. The predicted octanol–water partition coefficient (Wildman–Crippen LogP) is 3.77. The number of benzene rings is 1. The fourth-order valence-electron chi connectivity index (χ4n) is 5.57. The highest BCUT2D eigenvalue weighted by Gasteiger charge is 2.34. The molecule has 0 spiro atoms. The Kier molecular flexibility index (Phi) is 5.87. The van der Waals surface area contributed by atoms with Gasteiger partial charge in [0.1, 0.15) is 17.4 Å². The molecule has 0 aliphatic carbocycles. The SMILES string of the molecule is CC1=CN/C(=C\C(=N)[C@@H]2CCCCN2C(=O)c2nccc3ccccc23)N=C1N1CCC(C2=NC2)C1. The summed E-state index contributed by atoms with van der Waals surface area (Å²) >= 11 is 0. The molecular formula is C28H31N7O. The van der Waals surface area contributed by atoms with Crippen molar-refractivity contribution in [3.05, 3.63) is 65.9 Å². The predicted molar refractivity (Wildman–Crippen MR) is 143 cm³/mol. The summed E-state index contributed by atoms with van der Waals surface area (Å²) in [6, 6.07) is 9.46. The lowest BCUT2D eigenvalue weighted by Crippen LogP contribution is -2.47. The van der Waals surface area contributed by atoms with E-state index in [2.05, 4.69) is 27.1 Å². The maximum atomic E-state index is 13.7. The number of aromatic nitrogens is 1. The monoisotopic (exact) mass is 481 g/mol. The van der Waals surface area contributed by atoms with Crippen LogP contribution in [0.15, 0.2) is 70.2 Å². The van der Waals surface area contributed by atoms with E-state index in [9.17, 15) is 4.79 Å². The van der Waals surface area contributed by atoms with Gasteiger partial charge in [-0.1, -0.05) is 24.3 Å². The van der Waals surface area contributed by atoms with Crippen LogP contribution in [0.2, 0.25) is 0 Å². The molecule has 0 radical (unpaired) electrons. The molecule has 1 aromatic carbocycles. The Hall–Kier alpha value is -3.81. The van der Waals surface area contributed by atoms with Gasteiger partial charge in [-0.05, 0) is 44.1 Å². The third-order valence-corrected chi connectivity index (χ3v) is 7.61. The van der Waals surface area contributed by atoms with Gasteiger partial charge >= 0.3 is 0 Å². The number of amidine groups is 1. The second-order valence-corrected chi connectivity index (χ2v) is 10.0. The number of carbonyl (C=O) groups is 1. The van der Waals surface area contributed by atoms with E-state index in [4.69, 9.17) is 10.4 Å². The number of fused-ring (bicyclic) bond motifs is 1. The van der Waals surface area contributed by atoms with Crippen LogP contribution in [0, 0.1) is 11.3 Å². The summed E-state index contributed by atoms with van der Waals surface area (Å²) in [5.41, 5.74) is 3.29. The number of rotatable bonds is 4. The molecule has 0 bridgehead atoms. The molecule has 1 unspecified atom stereocenters. The van der Waals surface area contributed by atoms with Gasteiger partial charge in [-0.3, -0.25) is 14.8 Å². The normalized spacial score (nSPS) is 24.8. The van der Waals surface area contributed by atoms with Crippen LogP contribution < -0.4 is 5.32 Å². The molecule has 2 aromatic rings. The molecule has 4 aliphatic rings. The van der Waals surface area contributed by atoms with Crippen LogP contribution in [0.25, 0.3) is 10.8 Å². The fourth-order valence-corrected chi connectivity index (χ4v) is 5.57. The zero-order valence-corrected chi connectivity index (χ0v) is 20.6. The number of amides is 1. The van der Waals surface area contributed by atoms with E-state index >= 15 is 0 Å². The molecule has 2 saturated heterocycles. The van der Waals surface area contributed by atoms with Gasteiger partial charge in [0.2, 0.25) is 0 Å².